The van der Waals surface area contributed by atoms with Crippen LogP contribution in [0.3, 0.4) is 0 Å². The van der Waals surface area contributed by atoms with Crippen molar-refractivity contribution in [2.45, 2.75) is 24.2 Å². The molecule has 1 N–H and O–H groups in total. The van der Waals surface area contributed by atoms with Gasteiger partial charge in [-0.1, -0.05) is 12.1 Å². The highest BCUT2D eigenvalue weighted by molar-refractivity contribution is 7.89. The Balaban J connectivity index is 1.52. The molecule has 1 fully saturated rings. The Bertz CT molecular complexity index is 1780. The smallest absolute Gasteiger partial charge is 0.379 e. The molecule has 4 aromatic rings. The summed E-state index contributed by atoms with van der Waals surface area (Å²) < 4.78 is 114. The number of nitrogens with one attached hydrogen (secondary N) is 1. The molecule has 16 heteroatoms. The average molecular weight is 614 g/mol. The van der Waals surface area contributed by atoms with Gasteiger partial charge in [0.25, 0.3) is 5.91 Å². The predicted octanol–water partition coefficient (Wildman–Crippen LogP) is 5.02. The van der Waals surface area contributed by atoms with E-state index in [9.17, 15) is 39.6 Å². The summed E-state index contributed by atoms with van der Waals surface area (Å²) in [5, 5.41) is 6.13. The number of amides is 1. The summed E-state index contributed by atoms with van der Waals surface area (Å²) in [6.45, 7) is 1.92. The Hall–Kier alpha value is -4.02. The fourth-order valence-electron chi connectivity index (χ4n) is 4.48. The molecule has 0 saturated carbocycles. The topological polar surface area (TPSA) is 106 Å². The van der Waals surface area contributed by atoms with Crippen LogP contribution in [0.5, 0.6) is 0 Å². The molecule has 0 spiro atoms. The maximum Gasteiger partial charge on any atom is 0.433 e. The summed E-state index contributed by atoms with van der Waals surface area (Å²) in [4.78, 5) is 17.2. The van der Waals surface area contributed by atoms with Gasteiger partial charge in [0.05, 0.1) is 35.6 Å². The van der Waals surface area contributed by atoms with Crippen molar-refractivity contribution in [1.82, 2.24) is 18.9 Å². The third-order valence-electron chi connectivity index (χ3n) is 6.53. The summed E-state index contributed by atoms with van der Waals surface area (Å²) in [5.41, 5.74) is -3.71. The van der Waals surface area contributed by atoms with Gasteiger partial charge in [-0.25, -0.2) is 17.9 Å². The van der Waals surface area contributed by atoms with E-state index in [0.717, 1.165) is 24.4 Å². The van der Waals surface area contributed by atoms with Crippen molar-refractivity contribution >= 4 is 27.3 Å². The molecule has 0 atom stereocenters. The number of rotatable bonds is 5. The monoisotopic (exact) mass is 613 g/mol. The first kappa shape index (κ1) is 29.5. The molecule has 0 unspecified atom stereocenters. The number of alkyl halides is 6. The van der Waals surface area contributed by atoms with E-state index in [1.165, 1.54) is 35.5 Å². The Morgan fingerprint density at radius 1 is 0.976 bits per heavy atom. The van der Waals surface area contributed by atoms with Crippen molar-refractivity contribution in [3.63, 3.8) is 0 Å². The number of carbonyl (C=O) groups excluding carboxylic acids is 1. The van der Waals surface area contributed by atoms with E-state index in [-0.39, 0.29) is 59.3 Å². The number of sulfonamides is 1. The third-order valence-corrected chi connectivity index (χ3v) is 8.43. The Morgan fingerprint density at radius 2 is 1.69 bits per heavy atom. The lowest BCUT2D eigenvalue weighted by molar-refractivity contribution is -0.142. The van der Waals surface area contributed by atoms with Crippen LogP contribution >= 0.6 is 0 Å². The Morgan fingerprint density at radius 3 is 2.33 bits per heavy atom. The number of fused-ring (bicyclic) bond motifs is 1. The number of anilines is 1. The minimum Gasteiger partial charge on any atom is -0.379 e. The number of carbonyl (C=O) groups is 1. The molecule has 42 heavy (non-hydrogen) atoms. The summed E-state index contributed by atoms with van der Waals surface area (Å²) >= 11 is 0. The fourth-order valence-corrected chi connectivity index (χ4v) is 5.94. The fraction of sp³-hybridized carbons (Fsp3) is 0.269. The van der Waals surface area contributed by atoms with Crippen LogP contribution in [-0.2, 0) is 27.1 Å². The Labute approximate surface area is 234 Å². The Kier molecular flexibility index (Phi) is 7.49. The van der Waals surface area contributed by atoms with E-state index in [1.807, 2.05) is 0 Å². The molecule has 1 saturated heterocycles. The van der Waals surface area contributed by atoms with Gasteiger partial charge in [0, 0.05) is 24.3 Å². The molecule has 9 nitrogen and oxygen atoms in total. The number of nitrogens with zero attached hydrogens (tertiary/aromatic N) is 4. The van der Waals surface area contributed by atoms with Crippen LogP contribution in [0.25, 0.3) is 16.9 Å². The molecule has 0 bridgehead atoms. The molecule has 1 aliphatic heterocycles. The largest absolute Gasteiger partial charge is 0.433 e. The molecular formula is C26H21F6N5O4S. The van der Waals surface area contributed by atoms with Crippen LogP contribution < -0.4 is 5.32 Å². The molecule has 2 aromatic carbocycles. The minimum absolute atomic E-state index is 0.0397. The van der Waals surface area contributed by atoms with Crippen molar-refractivity contribution < 1.29 is 44.3 Å². The van der Waals surface area contributed by atoms with E-state index in [0.29, 0.717) is 10.6 Å². The van der Waals surface area contributed by atoms with Gasteiger partial charge >= 0.3 is 12.4 Å². The lowest BCUT2D eigenvalue weighted by atomic mass is 10.0. The van der Waals surface area contributed by atoms with Crippen molar-refractivity contribution in [3.05, 3.63) is 77.1 Å². The molecule has 0 radical (unpaired) electrons. The van der Waals surface area contributed by atoms with Crippen molar-refractivity contribution in [1.29, 1.82) is 0 Å². The molecule has 1 aliphatic rings. The van der Waals surface area contributed by atoms with Gasteiger partial charge in [-0.15, -0.1) is 0 Å². The van der Waals surface area contributed by atoms with Crippen LogP contribution in [-0.4, -0.2) is 59.5 Å². The highest BCUT2D eigenvalue weighted by atomic mass is 32.2. The van der Waals surface area contributed by atoms with E-state index in [4.69, 9.17) is 4.74 Å². The molecule has 1 amide bonds. The van der Waals surface area contributed by atoms with Gasteiger partial charge in [-0.05, 0) is 48.9 Å². The van der Waals surface area contributed by atoms with Gasteiger partial charge in [-0.3, -0.25) is 4.79 Å². The maximum atomic E-state index is 14.0. The van der Waals surface area contributed by atoms with Gasteiger partial charge < -0.3 is 10.1 Å². The first-order chi connectivity index (χ1) is 19.7. The number of aryl methyl sites for hydroxylation is 1. The quantitative estimate of drug-likeness (QED) is 0.317. The van der Waals surface area contributed by atoms with E-state index in [2.05, 4.69) is 15.4 Å². The second-order valence-electron chi connectivity index (χ2n) is 9.34. The molecule has 222 valence electrons. The maximum absolute atomic E-state index is 14.0. The summed E-state index contributed by atoms with van der Waals surface area (Å²) in [6.07, 6.45) is -8.76. The molecule has 0 aliphatic carbocycles. The number of morpholine rings is 1. The van der Waals surface area contributed by atoms with Crippen LogP contribution in [0.15, 0.2) is 59.6 Å². The number of halogens is 6. The standard InChI is InChI=1S/C26H21F6N5O4S/c1-15-11-16(5-6-20(15)25(27,28)29)21-13-22(26(30,31)32)37-23(35-21)19(14-33-37)24(38)34-17-3-2-4-18(12-17)42(39,40)36-7-9-41-10-8-36/h2-6,11-14H,7-10H2,1H3,(H,34,38). The zero-order chi connectivity index (χ0) is 30.4. The number of aromatic nitrogens is 3. The van der Waals surface area contributed by atoms with E-state index >= 15 is 0 Å². The van der Waals surface area contributed by atoms with Crippen molar-refractivity contribution in [3.8, 4) is 11.3 Å². The van der Waals surface area contributed by atoms with Crippen LogP contribution in [0.1, 0.15) is 27.2 Å². The van der Waals surface area contributed by atoms with Crippen molar-refractivity contribution in [2.24, 2.45) is 0 Å². The lowest BCUT2D eigenvalue weighted by Crippen LogP contribution is -2.40. The van der Waals surface area contributed by atoms with Gasteiger partial charge in [-0.2, -0.15) is 35.7 Å². The van der Waals surface area contributed by atoms with Gasteiger partial charge in [0.1, 0.15) is 5.56 Å². The van der Waals surface area contributed by atoms with Crippen LogP contribution in [0, 0.1) is 6.92 Å². The number of hydrogen-bond acceptors (Lipinski definition) is 6. The molecule has 5 rings (SSSR count). The number of ether oxygens (including phenoxy) is 1. The second kappa shape index (κ2) is 10.7. The minimum atomic E-state index is -4.96. The SMILES string of the molecule is Cc1cc(-c2cc(C(F)(F)F)n3ncc(C(=O)Nc4cccc(S(=O)(=O)N5CCOCC5)c4)c3n2)ccc1C(F)(F)F. The van der Waals surface area contributed by atoms with Gasteiger partial charge in [0.15, 0.2) is 11.3 Å². The second-order valence-corrected chi connectivity index (χ2v) is 11.3. The first-order valence-corrected chi connectivity index (χ1v) is 13.7. The highest BCUT2D eigenvalue weighted by Gasteiger charge is 2.37. The number of benzene rings is 2. The van der Waals surface area contributed by atoms with E-state index in [1.54, 1.807) is 0 Å². The summed E-state index contributed by atoms with van der Waals surface area (Å²) in [7, 11) is -3.91. The molecular weight excluding hydrogens is 592 g/mol. The zero-order valence-electron chi connectivity index (χ0n) is 21.6. The summed E-state index contributed by atoms with van der Waals surface area (Å²) in [5.74, 6) is -0.938. The number of hydrogen-bond donors (Lipinski definition) is 1. The predicted molar refractivity (Wildman–Crippen MR) is 137 cm³/mol. The molecule has 2 aromatic heterocycles. The summed E-state index contributed by atoms with van der Waals surface area (Å²) in [6, 6.07) is 8.75. The third kappa shape index (κ3) is 5.69. The zero-order valence-corrected chi connectivity index (χ0v) is 22.4. The normalized spacial score (nSPS) is 15.2. The van der Waals surface area contributed by atoms with Crippen molar-refractivity contribution in [2.75, 3.05) is 31.6 Å². The van der Waals surface area contributed by atoms with Crippen LogP contribution in [0.2, 0.25) is 0 Å². The molecule has 3 heterocycles. The lowest BCUT2D eigenvalue weighted by Gasteiger charge is -2.26. The average Bonchev–Trinajstić information content (AvgIpc) is 3.36. The first-order valence-electron chi connectivity index (χ1n) is 12.3. The van der Waals surface area contributed by atoms with E-state index < -0.39 is 45.2 Å². The van der Waals surface area contributed by atoms with Crippen LogP contribution in [0.4, 0.5) is 32.0 Å². The van der Waals surface area contributed by atoms with Gasteiger partial charge in [0.2, 0.25) is 10.0 Å². The highest BCUT2D eigenvalue weighted by Crippen LogP contribution is 2.36.